The van der Waals surface area contributed by atoms with E-state index >= 15 is 0 Å². The Bertz CT molecular complexity index is 773. The molecule has 1 aromatic rings. The summed E-state index contributed by atoms with van der Waals surface area (Å²) in [6, 6.07) is 7.83. The van der Waals surface area contributed by atoms with Gasteiger partial charge in [0.1, 0.15) is 0 Å². The molecule has 2 fully saturated rings. The van der Waals surface area contributed by atoms with Crippen LogP contribution in [0.25, 0.3) is 0 Å². The molecule has 1 unspecified atom stereocenters. The fraction of sp³-hybridized carbons (Fsp3) is 0.625. The minimum Gasteiger partial charge on any atom is -0.357 e. The number of hydrogen-bond acceptors (Lipinski definition) is 3. The van der Waals surface area contributed by atoms with Gasteiger partial charge in [0.15, 0.2) is 5.96 Å². The topological polar surface area (TPSA) is 85.8 Å². The summed E-state index contributed by atoms with van der Waals surface area (Å²) >= 11 is 0. The van der Waals surface area contributed by atoms with E-state index in [2.05, 4.69) is 16.0 Å². The zero-order valence-corrected chi connectivity index (χ0v) is 19.0. The van der Waals surface area contributed by atoms with Gasteiger partial charge in [-0.1, -0.05) is 31.9 Å². The van der Waals surface area contributed by atoms with Gasteiger partial charge >= 0.3 is 0 Å². The van der Waals surface area contributed by atoms with E-state index in [-0.39, 0.29) is 17.9 Å². The fourth-order valence-electron chi connectivity index (χ4n) is 4.34. The number of guanidine groups is 1. The highest BCUT2D eigenvalue weighted by Crippen LogP contribution is 2.27. The van der Waals surface area contributed by atoms with E-state index < -0.39 is 0 Å². The minimum atomic E-state index is -0.0457. The van der Waals surface area contributed by atoms with E-state index in [1.165, 1.54) is 12.8 Å². The second kappa shape index (κ2) is 11.7. The van der Waals surface area contributed by atoms with Crippen LogP contribution in [0, 0.1) is 5.92 Å². The number of carbonyl (C=O) groups is 2. The van der Waals surface area contributed by atoms with Crippen molar-refractivity contribution in [2.75, 3.05) is 26.2 Å². The number of carbonyl (C=O) groups excluding carboxylic acids is 2. The van der Waals surface area contributed by atoms with Crippen LogP contribution in [0.2, 0.25) is 0 Å². The van der Waals surface area contributed by atoms with Crippen LogP contribution in [0.15, 0.2) is 29.3 Å². The normalized spacial score (nSPS) is 19.5. The fourth-order valence-corrected chi connectivity index (χ4v) is 4.34. The molecule has 0 radical (unpaired) electrons. The molecule has 1 aromatic carbocycles. The number of benzene rings is 1. The Labute approximate surface area is 186 Å². The second-order valence-electron chi connectivity index (χ2n) is 8.55. The van der Waals surface area contributed by atoms with Crippen molar-refractivity contribution in [1.82, 2.24) is 20.9 Å². The molecule has 1 saturated heterocycles. The highest BCUT2D eigenvalue weighted by molar-refractivity contribution is 5.94. The number of rotatable bonds is 8. The summed E-state index contributed by atoms with van der Waals surface area (Å²) in [5.74, 6) is 1.28. The molecule has 1 atom stereocenters. The van der Waals surface area contributed by atoms with Gasteiger partial charge in [-0.05, 0) is 50.3 Å². The first kappa shape index (κ1) is 23.1. The van der Waals surface area contributed by atoms with Crippen molar-refractivity contribution in [2.45, 2.75) is 65.0 Å². The standard InChI is InChI=1S/C24H37N5O2/c1-3-13-26-22(30)20-11-7-8-18(15-20)16-27-24(25-4-2)28-21-12-14-29(17-21)23(31)19-9-5-6-10-19/h7-8,11,15,19,21H,3-6,9-10,12-14,16-17H2,1-2H3,(H,26,30)(H2,25,27,28). The van der Waals surface area contributed by atoms with Gasteiger partial charge < -0.3 is 20.9 Å². The molecular weight excluding hydrogens is 390 g/mol. The first-order chi connectivity index (χ1) is 15.1. The van der Waals surface area contributed by atoms with Crippen molar-refractivity contribution in [3.05, 3.63) is 35.4 Å². The number of nitrogens with zero attached hydrogens (tertiary/aromatic N) is 2. The SMILES string of the molecule is CCCNC(=O)c1cccc(CN=C(NCC)NC2CCN(C(=O)C3CCCC3)C2)c1. The maximum Gasteiger partial charge on any atom is 0.251 e. The van der Waals surface area contributed by atoms with Gasteiger partial charge in [-0.3, -0.25) is 9.59 Å². The van der Waals surface area contributed by atoms with Gasteiger partial charge in [-0.15, -0.1) is 0 Å². The lowest BCUT2D eigenvalue weighted by Gasteiger charge is -2.21. The average molecular weight is 428 g/mol. The summed E-state index contributed by atoms with van der Waals surface area (Å²) in [7, 11) is 0. The van der Waals surface area contributed by atoms with Crippen molar-refractivity contribution in [2.24, 2.45) is 10.9 Å². The molecule has 7 nitrogen and oxygen atoms in total. The van der Waals surface area contributed by atoms with Gasteiger partial charge in [0, 0.05) is 43.7 Å². The predicted octanol–water partition coefficient (Wildman–Crippen LogP) is 2.67. The van der Waals surface area contributed by atoms with Crippen molar-refractivity contribution in [3.8, 4) is 0 Å². The Morgan fingerprint density at radius 3 is 2.68 bits per heavy atom. The van der Waals surface area contributed by atoms with Gasteiger partial charge in [-0.2, -0.15) is 0 Å². The minimum absolute atomic E-state index is 0.0457. The van der Waals surface area contributed by atoms with Crippen molar-refractivity contribution >= 4 is 17.8 Å². The molecule has 31 heavy (non-hydrogen) atoms. The average Bonchev–Trinajstić information content (AvgIpc) is 3.48. The summed E-state index contributed by atoms with van der Waals surface area (Å²) in [6.45, 7) is 7.57. The number of hydrogen-bond donors (Lipinski definition) is 3. The van der Waals surface area contributed by atoms with E-state index in [1.54, 1.807) is 0 Å². The summed E-state index contributed by atoms with van der Waals surface area (Å²) in [5.41, 5.74) is 1.65. The maximum absolute atomic E-state index is 12.7. The predicted molar refractivity (Wildman–Crippen MR) is 124 cm³/mol. The smallest absolute Gasteiger partial charge is 0.251 e. The molecule has 0 spiro atoms. The van der Waals surface area contributed by atoms with E-state index in [0.29, 0.717) is 24.6 Å². The van der Waals surface area contributed by atoms with Gasteiger partial charge in [0.05, 0.1) is 6.54 Å². The van der Waals surface area contributed by atoms with Crippen LogP contribution in [0.3, 0.4) is 0 Å². The lowest BCUT2D eigenvalue weighted by atomic mass is 10.1. The maximum atomic E-state index is 12.7. The highest BCUT2D eigenvalue weighted by atomic mass is 16.2. The number of amides is 2. The Morgan fingerprint density at radius 1 is 1.13 bits per heavy atom. The lowest BCUT2D eigenvalue weighted by molar-refractivity contribution is -0.134. The largest absolute Gasteiger partial charge is 0.357 e. The second-order valence-corrected chi connectivity index (χ2v) is 8.55. The molecular formula is C24H37N5O2. The highest BCUT2D eigenvalue weighted by Gasteiger charge is 2.32. The quantitative estimate of drug-likeness (QED) is 0.440. The number of likely N-dealkylation sites (tertiary alicyclic amines) is 1. The van der Waals surface area contributed by atoms with Gasteiger partial charge in [0.25, 0.3) is 5.91 Å². The van der Waals surface area contributed by atoms with Crippen LogP contribution in [-0.4, -0.2) is 54.9 Å². The van der Waals surface area contributed by atoms with Gasteiger partial charge in [-0.25, -0.2) is 4.99 Å². The Balaban J connectivity index is 1.55. The molecule has 7 heteroatoms. The first-order valence-corrected chi connectivity index (χ1v) is 11.8. The van der Waals surface area contributed by atoms with Crippen molar-refractivity contribution in [3.63, 3.8) is 0 Å². The van der Waals surface area contributed by atoms with E-state index in [9.17, 15) is 9.59 Å². The molecule has 2 aliphatic rings. The monoisotopic (exact) mass is 427 g/mol. The zero-order chi connectivity index (χ0) is 22.1. The van der Waals surface area contributed by atoms with E-state index in [1.807, 2.05) is 43.0 Å². The summed E-state index contributed by atoms with van der Waals surface area (Å²) < 4.78 is 0. The van der Waals surface area contributed by atoms with E-state index in [0.717, 1.165) is 56.8 Å². The molecule has 1 aliphatic carbocycles. The summed E-state index contributed by atoms with van der Waals surface area (Å²) in [6.07, 6.45) is 6.32. The van der Waals surface area contributed by atoms with Crippen LogP contribution in [-0.2, 0) is 11.3 Å². The van der Waals surface area contributed by atoms with Crippen LogP contribution in [0.1, 0.15) is 68.3 Å². The third-order valence-corrected chi connectivity index (χ3v) is 6.03. The third-order valence-electron chi connectivity index (χ3n) is 6.03. The molecule has 1 saturated carbocycles. The summed E-state index contributed by atoms with van der Waals surface area (Å²) in [4.78, 5) is 31.6. The molecule has 0 aromatic heterocycles. The number of aliphatic imine (C=N–C) groups is 1. The Kier molecular flexibility index (Phi) is 8.74. The lowest BCUT2D eigenvalue weighted by Crippen LogP contribution is -2.45. The molecule has 0 bridgehead atoms. The third kappa shape index (κ3) is 6.71. The molecule has 3 N–H and O–H groups in total. The zero-order valence-electron chi connectivity index (χ0n) is 19.0. The Morgan fingerprint density at radius 2 is 1.94 bits per heavy atom. The number of nitrogens with one attached hydrogen (secondary N) is 3. The van der Waals surface area contributed by atoms with Crippen LogP contribution in [0.4, 0.5) is 0 Å². The van der Waals surface area contributed by atoms with Crippen LogP contribution < -0.4 is 16.0 Å². The first-order valence-electron chi connectivity index (χ1n) is 11.8. The molecule has 2 amide bonds. The molecule has 1 aliphatic heterocycles. The van der Waals surface area contributed by atoms with E-state index in [4.69, 9.17) is 4.99 Å². The molecule has 3 rings (SSSR count). The van der Waals surface area contributed by atoms with Crippen LogP contribution >= 0.6 is 0 Å². The van der Waals surface area contributed by atoms with Gasteiger partial charge in [0.2, 0.25) is 5.91 Å². The molecule has 1 heterocycles. The summed E-state index contributed by atoms with van der Waals surface area (Å²) in [5, 5.41) is 9.70. The van der Waals surface area contributed by atoms with Crippen molar-refractivity contribution in [1.29, 1.82) is 0 Å². The molecule has 170 valence electrons. The van der Waals surface area contributed by atoms with Crippen LogP contribution in [0.5, 0.6) is 0 Å². The van der Waals surface area contributed by atoms with Crippen molar-refractivity contribution < 1.29 is 9.59 Å². The Hall–Kier alpha value is -2.57.